The van der Waals surface area contributed by atoms with Gasteiger partial charge >= 0.3 is 5.97 Å². The second-order valence-electron chi connectivity index (χ2n) is 6.56. The molecule has 0 spiro atoms. The van der Waals surface area contributed by atoms with Crippen molar-refractivity contribution < 1.29 is 14.3 Å². The topological polar surface area (TPSA) is 56.3 Å². The number of thioether (sulfide) groups is 1. The zero-order valence-electron chi connectivity index (χ0n) is 14.9. The molecular formula is C21H23NO3S. The van der Waals surface area contributed by atoms with Crippen molar-refractivity contribution in [2.75, 3.05) is 7.11 Å². The van der Waals surface area contributed by atoms with Crippen LogP contribution in [0.2, 0.25) is 0 Å². The number of rotatable bonds is 6. The molecule has 1 saturated carbocycles. The molecule has 1 aromatic heterocycles. The van der Waals surface area contributed by atoms with Crippen LogP contribution in [0.3, 0.4) is 0 Å². The lowest BCUT2D eigenvalue weighted by Crippen LogP contribution is -2.27. The Morgan fingerprint density at radius 3 is 2.42 bits per heavy atom. The van der Waals surface area contributed by atoms with Gasteiger partial charge in [0.15, 0.2) is 5.78 Å². The van der Waals surface area contributed by atoms with Crippen molar-refractivity contribution in [2.45, 2.75) is 36.3 Å². The minimum atomic E-state index is -0.159. The van der Waals surface area contributed by atoms with E-state index in [0.717, 1.165) is 23.5 Å². The van der Waals surface area contributed by atoms with Gasteiger partial charge in [0, 0.05) is 22.8 Å². The van der Waals surface area contributed by atoms with Crippen LogP contribution >= 0.6 is 11.8 Å². The van der Waals surface area contributed by atoms with Gasteiger partial charge in [-0.15, -0.1) is 11.8 Å². The van der Waals surface area contributed by atoms with Crippen molar-refractivity contribution in [3.05, 3.63) is 59.9 Å². The van der Waals surface area contributed by atoms with E-state index in [2.05, 4.69) is 17.1 Å². The van der Waals surface area contributed by atoms with E-state index in [9.17, 15) is 9.59 Å². The Balaban J connectivity index is 1.65. The summed E-state index contributed by atoms with van der Waals surface area (Å²) in [7, 11) is 1.42. The summed E-state index contributed by atoms with van der Waals surface area (Å²) in [5.41, 5.74) is 1.79. The number of ether oxygens (including phenoxy) is 1. The maximum atomic E-state index is 13.0. The van der Waals surface area contributed by atoms with Crippen molar-refractivity contribution in [1.82, 2.24) is 4.98 Å². The van der Waals surface area contributed by atoms with Crippen LogP contribution in [0.25, 0.3) is 0 Å². The van der Waals surface area contributed by atoms with E-state index < -0.39 is 0 Å². The summed E-state index contributed by atoms with van der Waals surface area (Å²) >= 11 is 1.64. The summed E-state index contributed by atoms with van der Waals surface area (Å²) in [6.07, 6.45) is 4.54. The first-order valence-corrected chi connectivity index (χ1v) is 9.91. The van der Waals surface area contributed by atoms with Crippen LogP contribution in [0.1, 0.15) is 41.7 Å². The minimum Gasteiger partial charge on any atom is -0.469 e. The van der Waals surface area contributed by atoms with Gasteiger partial charge in [-0.1, -0.05) is 30.3 Å². The highest BCUT2D eigenvalue weighted by atomic mass is 32.2. The molecule has 3 rings (SSSR count). The molecule has 26 heavy (non-hydrogen) atoms. The molecule has 0 aliphatic heterocycles. The summed E-state index contributed by atoms with van der Waals surface area (Å²) in [6.45, 7) is 0. The quantitative estimate of drug-likeness (QED) is 0.425. The molecule has 0 bridgehead atoms. The summed E-state index contributed by atoms with van der Waals surface area (Å²) in [5.74, 6) is 0.626. The van der Waals surface area contributed by atoms with Crippen molar-refractivity contribution in [3.8, 4) is 0 Å². The van der Waals surface area contributed by atoms with Crippen molar-refractivity contribution in [3.63, 3.8) is 0 Å². The van der Waals surface area contributed by atoms with Gasteiger partial charge in [0.05, 0.1) is 13.0 Å². The van der Waals surface area contributed by atoms with E-state index in [0.29, 0.717) is 18.5 Å². The number of carbonyl (C=O) groups excluding carboxylic acids is 2. The van der Waals surface area contributed by atoms with Crippen molar-refractivity contribution >= 4 is 23.5 Å². The maximum absolute atomic E-state index is 13.0. The molecule has 4 nitrogen and oxygen atoms in total. The van der Waals surface area contributed by atoms with E-state index in [1.165, 1.54) is 12.7 Å². The number of methoxy groups -OCH3 is 1. The summed E-state index contributed by atoms with van der Waals surface area (Å²) in [6, 6.07) is 14.0. The van der Waals surface area contributed by atoms with Gasteiger partial charge in [0.2, 0.25) is 0 Å². The van der Waals surface area contributed by atoms with E-state index in [1.54, 1.807) is 18.0 Å². The average molecular weight is 369 g/mol. The Bertz CT molecular complexity index is 755. The lowest BCUT2D eigenvalue weighted by Gasteiger charge is -2.26. The third kappa shape index (κ3) is 4.52. The molecule has 0 radical (unpaired) electrons. The molecular weight excluding hydrogens is 346 g/mol. The number of esters is 1. The number of pyridine rings is 1. The first-order chi connectivity index (χ1) is 12.7. The second-order valence-corrected chi connectivity index (χ2v) is 7.58. The highest BCUT2D eigenvalue weighted by molar-refractivity contribution is 7.98. The lowest BCUT2D eigenvalue weighted by atomic mass is 9.79. The van der Waals surface area contributed by atoms with Crippen LogP contribution in [0.4, 0.5) is 0 Å². The number of hydrogen-bond donors (Lipinski definition) is 0. The Hall–Kier alpha value is -2.14. The Kier molecular flexibility index (Phi) is 6.45. The number of Topliss-reactive ketones (excluding diaryl/α,β-unsaturated/α-hetero) is 1. The molecule has 1 aromatic carbocycles. The van der Waals surface area contributed by atoms with Crippen LogP contribution in [-0.2, 0) is 15.3 Å². The van der Waals surface area contributed by atoms with Crippen molar-refractivity contribution in [1.29, 1.82) is 0 Å². The molecule has 0 unspecified atom stereocenters. The maximum Gasteiger partial charge on any atom is 0.308 e. The second kappa shape index (κ2) is 8.99. The molecule has 1 fully saturated rings. The van der Waals surface area contributed by atoms with Gasteiger partial charge in [0.25, 0.3) is 0 Å². The van der Waals surface area contributed by atoms with Crippen LogP contribution < -0.4 is 0 Å². The van der Waals surface area contributed by atoms with Crippen LogP contribution in [-0.4, -0.2) is 23.8 Å². The number of carbonyl (C=O) groups is 2. The Morgan fingerprint density at radius 1 is 1.04 bits per heavy atom. The number of benzene rings is 1. The van der Waals surface area contributed by atoms with Crippen LogP contribution in [0.15, 0.2) is 53.6 Å². The van der Waals surface area contributed by atoms with Gasteiger partial charge in [0.1, 0.15) is 5.69 Å². The van der Waals surface area contributed by atoms with Gasteiger partial charge in [-0.2, -0.15) is 0 Å². The number of aromatic nitrogens is 1. The fourth-order valence-corrected chi connectivity index (χ4v) is 4.36. The molecule has 136 valence electrons. The predicted octanol–water partition coefficient (Wildman–Crippen LogP) is 4.54. The predicted molar refractivity (Wildman–Crippen MR) is 102 cm³/mol. The number of ketones is 1. The largest absolute Gasteiger partial charge is 0.469 e. The van der Waals surface area contributed by atoms with E-state index >= 15 is 0 Å². The number of nitrogens with zero attached hydrogens (tertiary/aromatic N) is 1. The first kappa shape index (κ1) is 18.6. The molecule has 0 amide bonds. The first-order valence-electron chi connectivity index (χ1n) is 8.93. The van der Waals surface area contributed by atoms with Gasteiger partial charge < -0.3 is 4.74 Å². The Morgan fingerprint density at radius 2 is 1.73 bits per heavy atom. The fraction of sp³-hybridized carbons (Fsp3) is 0.381. The zero-order chi connectivity index (χ0) is 18.4. The van der Waals surface area contributed by atoms with Crippen LogP contribution in [0.5, 0.6) is 0 Å². The SMILES string of the molecule is COC(=O)C1CCC(C(=O)c2ncccc2SCc2ccccc2)CC1. The molecule has 1 aliphatic carbocycles. The number of hydrogen-bond acceptors (Lipinski definition) is 5. The zero-order valence-corrected chi connectivity index (χ0v) is 15.7. The average Bonchev–Trinajstić information content (AvgIpc) is 2.72. The van der Waals surface area contributed by atoms with Gasteiger partial charge in [-0.25, -0.2) is 0 Å². The Labute approximate surface area is 158 Å². The molecule has 2 aromatic rings. The third-order valence-corrected chi connectivity index (χ3v) is 5.99. The van der Waals surface area contributed by atoms with Gasteiger partial charge in [-0.3, -0.25) is 14.6 Å². The lowest BCUT2D eigenvalue weighted by molar-refractivity contribution is -0.146. The summed E-state index contributed by atoms with van der Waals surface area (Å²) < 4.78 is 4.82. The standard InChI is InChI=1S/C21H23NO3S/c1-25-21(24)17-11-9-16(10-12-17)20(23)19-18(8-5-13-22-19)26-14-15-6-3-2-4-7-15/h2-8,13,16-17H,9-12,14H2,1H3. The minimum absolute atomic E-state index is 0.0538. The molecule has 0 atom stereocenters. The molecule has 5 heteroatoms. The summed E-state index contributed by atoms with van der Waals surface area (Å²) in [4.78, 5) is 30.0. The van der Waals surface area contributed by atoms with Gasteiger partial charge in [-0.05, 0) is 43.4 Å². The molecule has 1 heterocycles. The smallest absolute Gasteiger partial charge is 0.308 e. The van der Waals surface area contributed by atoms with E-state index in [1.807, 2.05) is 30.3 Å². The normalized spacial score (nSPS) is 19.7. The molecule has 0 N–H and O–H groups in total. The highest BCUT2D eigenvalue weighted by Gasteiger charge is 2.32. The fourth-order valence-electron chi connectivity index (χ4n) is 3.38. The van der Waals surface area contributed by atoms with E-state index in [4.69, 9.17) is 4.74 Å². The molecule has 1 aliphatic rings. The summed E-state index contributed by atoms with van der Waals surface area (Å²) in [5, 5.41) is 0. The third-order valence-electron chi connectivity index (χ3n) is 4.87. The molecule has 0 saturated heterocycles. The van der Waals surface area contributed by atoms with E-state index in [-0.39, 0.29) is 23.6 Å². The monoisotopic (exact) mass is 369 g/mol. The highest BCUT2D eigenvalue weighted by Crippen LogP contribution is 2.34. The van der Waals surface area contributed by atoms with Crippen LogP contribution in [0, 0.1) is 11.8 Å². The van der Waals surface area contributed by atoms with Crippen molar-refractivity contribution in [2.24, 2.45) is 11.8 Å².